The fourth-order valence-corrected chi connectivity index (χ4v) is 4.26. The van der Waals surface area contributed by atoms with Crippen molar-refractivity contribution in [2.75, 3.05) is 19.6 Å². The van der Waals surface area contributed by atoms with Gasteiger partial charge in [0.05, 0.1) is 5.92 Å². The van der Waals surface area contributed by atoms with Gasteiger partial charge in [-0.2, -0.15) is 5.26 Å². The fourth-order valence-electron chi connectivity index (χ4n) is 4.13. The van der Waals surface area contributed by atoms with Crippen LogP contribution < -0.4 is 10.5 Å². The van der Waals surface area contributed by atoms with Crippen molar-refractivity contribution in [2.24, 2.45) is 5.73 Å². The molecule has 2 aliphatic rings. The Morgan fingerprint density at radius 2 is 1.86 bits per heavy atom. The van der Waals surface area contributed by atoms with E-state index in [1.54, 1.807) is 0 Å². The van der Waals surface area contributed by atoms with E-state index in [1.165, 1.54) is 37.9 Å². The first kappa shape index (κ1) is 18.9. The molecule has 0 spiro atoms. The number of hydrogen-bond acceptors (Lipinski definition) is 4. The van der Waals surface area contributed by atoms with Gasteiger partial charge in [0.25, 0.3) is 0 Å². The summed E-state index contributed by atoms with van der Waals surface area (Å²) in [5.41, 5.74) is 9.74. The standard InChI is InChI=1S/C23H24ClN3O/c24-18-7-5-17(6-8-18)22-19-14-16(10-13-27-11-2-1-3-12-27)4-9-21(19)28-23(26)20(22)15-25/h4-9,14,22H,1-3,10-13,26H2. The Bertz CT molecular complexity index is 924. The Kier molecular flexibility index (Phi) is 5.57. The minimum atomic E-state index is -0.235. The lowest BCUT2D eigenvalue weighted by Gasteiger charge is -2.28. The lowest BCUT2D eigenvalue weighted by molar-refractivity contribution is 0.231. The molecule has 0 radical (unpaired) electrons. The second-order valence-electron chi connectivity index (χ2n) is 7.50. The van der Waals surface area contributed by atoms with Gasteiger partial charge in [0.15, 0.2) is 0 Å². The number of piperidine rings is 1. The number of nitriles is 1. The third kappa shape index (κ3) is 3.87. The van der Waals surface area contributed by atoms with E-state index in [-0.39, 0.29) is 11.8 Å². The molecule has 144 valence electrons. The van der Waals surface area contributed by atoms with Crippen LogP contribution in [0, 0.1) is 11.3 Å². The number of nitrogens with two attached hydrogens (primary N) is 1. The highest BCUT2D eigenvalue weighted by Gasteiger charge is 2.30. The van der Waals surface area contributed by atoms with Crippen molar-refractivity contribution in [1.82, 2.24) is 4.90 Å². The van der Waals surface area contributed by atoms with Crippen LogP contribution in [0.2, 0.25) is 5.02 Å². The first-order chi connectivity index (χ1) is 13.7. The molecule has 0 aromatic heterocycles. The average Bonchev–Trinajstić information content (AvgIpc) is 2.73. The number of rotatable bonds is 4. The van der Waals surface area contributed by atoms with Crippen molar-refractivity contribution in [1.29, 1.82) is 5.26 Å². The predicted octanol–water partition coefficient (Wildman–Crippen LogP) is 4.59. The summed E-state index contributed by atoms with van der Waals surface area (Å²) in [7, 11) is 0. The first-order valence-electron chi connectivity index (χ1n) is 9.84. The van der Waals surface area contributed by atoms with E-state index in [2.05, 4.69) is 23.1 Å². The summed E-state index contributed by atoms with van der Waals surface area (Å²) in [6, 6.07) is 16.1. The van der Waals surface area contributed by atoms with E-state index < -0.39 is 0 Å². The maximum Gasteiger partial charge on any atom is 0.205 e. The molecule has 0 saturated carbocycles. The monoisotopic (exact) mass is 393 g/mol. The second-order valence-corrected chi connectivity index (χ2v) is 7.94. The molecule has 4 nitrogen and oxygen atoms in total. The van der Waals surface area contributed by atoms with E-state index >= 15 is 0 Å². The van der Waals surface area contributed by atoms with Gasteiger partial charge in [-0.25, -0.2) is 0 Å². The minimum absolute atomic E-state index is 0.177. The van der Waals surface area contributed by atoms with Gasteiger partial charge in [0, 0.05) is 17.1 Å². The lowest BCUT2D eigenvalue weighted by atomic mass is 9.83. The highest BCUT2D eigenvalue weighted by atomic mass is 35.5. The summed E-state index contributed by atoms with van der Waals surface area (Å²) in [4.78, 5) is 2.54. The number of hydrogen-bond donors (Lipinski definition) is 1. The van der Waals surface area contributed by atoms with Crippen LogP contribution in [0.4, 0.5) is 0 Å². The van der Waals surface area contributed by atoms with Crippen molar-refractivity contribution in [2.45, 2.75) is 31.6 Å². The number of ether oxygens (including phenoxy) is 1. The summed E-state index contributed by atoms with van der Waals surface area (Å²) >= 11 is 6.06. The summed E-state index contributed by atoms with van der Waals surface area (Å²) < 4.78 is 5.76. The second kappa shape index (κ2) is 8.26. The zero-order valence-electron chi connectivity index (χ0n) is 15.8. The SMILES string of the molecule is N#CC1=C(N)Oc2ccc(CCN3CCCCC3)cc2C1c1ccc(Cl)cc1. The molecule has 1 atom stereocenters. The molecular formula is C23H24ClN3O. The number of allylic oxidation sites excluding steroid dienone is 1. The van der Waals surface area contributed by atoms with E-state index in [9.17, 15) is 5.26 Å². The van der Waals surface area contributed by atoms with Crippen LogP contribution in [-0.2, 0) is 6.42 Å². The van der Waals surface area contributed by atoms with Gasteiger partial charge in [-0.1, -0.05) is 42.3 Å². The van der Waals surface area contributed by atoms with E-state index in [1.807, 2.05) is 30.3 Å². The third-order valence-corrected chi connectivity index (χ3v) is 5.90. The van der Waals surface area contributed by atoms with Gasteiger partial charge in [-0.05, 0) is 61.7 Å². The molecular weight excluding hydrogens is 370 g/mol. The Balaban J connectivity index is 1.65. The summed E-state index contributed by atoms with van der Waals surface area (Å²) in [5, 5.41) is 10.4. The fraction of sp³-hybridized carbons (Fsp3) is 0.348. The van der Waals surface area contributed by atoms with Crippen LogP contribution in [0.1, 0.15) is 41.9 Å². The van der Waals surface area contributed by atoms with Crippen LogP contribution in [0.5, 0.6) is 5.75 Å². The van der Waals surface area contributed by atoms with Gasteiger partial charge in [0.1, 0.15) is 17.4 Å². The van der Waals surface area contributed by atoms with Crippen molar-refractivity contribution >= 4 is 11.6 Å². The van der Waals surface area contributed by atoms with E-state index in [4.69, 9.17) is 22.1 Å². The minimum Gasteiger partial charge on any atom is -0.440 e. The average molecular weight is 394 g/mol. The van der Waals surface area contributed by atoms with Gasteiger partial charge >= 0.3 is 0 Å². The normalized spacial score (nSPS) is 19.6. The van der Waals surface area contributed by atoms with Crippen LogP contribution >= 0.6 is 11.6 Å². The Morgan fingerprint density at radius 3 is 2.57 bits per heavy atom. The maximum absolute atomic E-state index is 9.72. The molecule has 2 aliphatic heterocycles. The number of likely N-dealkylation sites (tertiary alicyclic amines) is 1. The lowest BCUT2D eigenvalue weighted by Crippen LogP contribution is -2.31. The Morgan fingerprint density at radius 1 is 1.11 bits per heavy atom. The topological polar surface area (TPSA) is 62.3 Å². The smallest absolute Gasteiger partial charge is 0.205 e. The Labute approximate surface area is 171 Å². The molecule has 28 heavy (non-hydrogen) atoms. The molecule has 2 N–H and O–H groups in total. The van der Waals surface area contributed by atoms with Crippen molar-refractivity contribution in [3.63, 3.8) is 0 Å². The quantitative estimate of drug-likeness (QED) is 0.825. The summed E-state index contributed by atoms with van der Waals surface area (Å²) in [5.74, 6) is 0.662. The first-order valence-corrected chi connectivity index (χ1v) is 10.2. The predicted molar refractivity (Wildman–Crippen MR) is 111 cm³/mol. The Hall–Kier alpha value is -2.48. The van der Waals surface area contributed by atoms with E-state index in [0.717, 1.165) is 29.8 Å². The van der Waals surface area contributed by atoms with Crippen LogP contribution in [0.15, 0.2) is 53.9 Å². The van der Waals surface area contributed by atoms with Crippen molar-refractivity contribution in [3.05, 3.63) is 75.6 Å². The molecule has 0 bridgehead atoms. The third-order valence-electron chi connectivity index (χ3n) is 5.65. The van der Waals surface area contributed by atoms with Crippen molar-refractivity contribution < 1.29 is 4.74 Å². The maximum atomic E-state index is 9.72. The number of nitrogens with zero attached hydrogens (tertiary/aromatic N) is 2. The van der Waals surface area contributed by atoms with Crippen LogP contribution in [0.3, 0.4) is 0 Å². The zero-order chi connectivity index (χ0) is 19.5. The molecule has 1 saturated heterocycles. The largest absolute Gasteiger partial charge is 0.440 e. The summed E-state index contributed by atoms with van der Waals surface area (Å²) in [6.45, 7) is 3.45. The van der Waals surface area contributed by atoms with Crippen molar-refractivity contribution in [3.8, 4) is 11.8 Å². The van der Waals surface area contributed by atoms with Gasteiger partial charge in [-0.3, -0.25) is 0 Å². The molecule has 1 fully saturated rings. The van der Waals surface area contributed by atoms with E-state index in [0.29, 0.717) is 10.6 Å². The van der Waals surface area contributed by atoms with Gasteiger partial charge < -0.3 is 15.4 Å². The molecule has 2 heterocycles. The van der Waals surface area contributed by atoms with Gasteiger partial charge in [0.2, 0.25) is 5.88 Å². The molecule has 0 aliphatic carbocycles. The van der Waals surface area contributed by atoms with Crippen LogP contribution in [0.25, 0.3) is 0 Å². The number of fused-ring (bicyclic) bond motifs is 1. The number of halogens is 1. The molecule has 2 aromatic carbocycles. The molecule has 2 aromatic rings. The molecule has 0 amide bonds. The molecule has 4 rings (SSSR count). The van der Waals surface area contributed by atoms with Crippen LogP contribution in [-0.4, -0.2) is 24.5 Å². The van der Waals surface area contributed by atoms with Gasteiger partial charge in [-0.15, -0.1) is 0 Å². The zero-order valence-corrected chi connectivity index (χ0v) is 16.6. The molecule has 5 heteroatoms. The highest BCUT2D eigenvalue weighted by Crippen LogP contribution is 2.42. The highest BCUT2D eigenvalue weighted by molar-refractivity contribution is 6.30. The summed E-state index contributed by atoms with van der Waals surface area (Å²) in [6.07, 6.45) is 4.93. The number of benzene rings is 2. The molecule has 1 unspecified atom stereocenters.